The van der Waals surface area contributed by atoms with Crippen molar-refractivity contribution in [2.75, 3.05) is 0 Å². The van der Waals surface area contributed by atoms with Crippen LogP contribution in [0.15, 0.2) is 53.8 Å². The molecule has 0 N–H and O–H groups in total. The van der Waals surface area contributed by atoms with Crippen LogP contribution >= 0.6 is 11.6 Å². The van der Waals surface area contributed by atoms with Crippen LogP contribution in [-0.4, -0.2) is 26.7 Å². The number of Topliss-reactive ketones (excluding diaryl/α,β-unsaturated/α-hetero) is 1. The standard InChI is InChI=1S/C25H28ClN3O3/c1-15-7-8-19(10-23-17(3)24(30)11-22(15)23)16(2)25(31)32-14-21-13-29(28-27-21)12-18-5-4-6-20(26)9-18/h4-6,9,13,15,19,22H,2,7-8,10-12,14H2,1,3H3/t15-,19+,22-/m0/s1. The number of benzene rings is 1. The summed E-state index contributed by atoms with van der Waals surface area (Å²) < 4.78 is 7.18. The Hall–Kier alpha value is -2.73. The quantitative estimate of drug-likeness (QED) is 0.458. The molecule has 0 saturated heterocycles. The molecule has 7 heteroatoms. The molecule has 168 valence electrons. The lowest BCUT2D eigenvalue weighted by Gasteiger charge is -2.18. The number of halogens is 1. The maximum absolute atomic E-state index is 12.7. The largest absolute Gasteiger partial charge is 0.456 e. The minimum Gasteiger partial charge on any atom is -0.456 e. The zero-order valence-electron chi connectivity index (χ0n) is 18.5. The van der Waals surface area contributed by atoms with E-state index in [0.717, 1.165) is 30.4 Å². The third kappa shape index (κ3) is 4.85. The van der Waals surface area contributed by atoms with E-state index < -0.39 is 5.97 Å². The Balaban J connectivity index is 1.35. The molecule has 0 spiro atoms. The van der Waals surface area contributed by atoms with Gasteiger partial charge in [-0.3, -0.25) is 4.79 Å². The van der Waals surface area contributed by atoms with Gasteiger partial charge in [-0.15, -0.1) is 5.10 Å². The van der Waals surface area contributed by atoms with Crippen LogP contribution in [0.4, 0.5) is 0 Å². The predicted octanol–water partition coefficient (Wildman–Crippen LogP) is 4.92. The van der Waals surface area contributed by atoms with E-state index in [0.29, 0.717) is 41.1 Å². The van der Waals surface area contributed by atoms with Gasteiger partial charge >= 0.3 is 5.97 Å². The summed E-state index contributed by atoms with van der Waals surface area (Å²) in [6, 6.07) is 7.55. The molecule has 1 aromatic carbocycles. The topological polar surface area (TPSA) is 74.1 Å². The molecular weight excluding hydrogens is 426 g/mol. The molecule has 2 aliphatic rings. The number of allylic oxidation sites excluding steroid dienone is 2. The Kier molecular flexibility index (Phi) is 6.60. The average Bonchev–Trinajstić information content (AvgIpc) is 3.28. The highest BCUT2D eigenvalue weighted by atomic mass is 35.5. The van der Waals surface area contributed by atoms with Crippen LogP contribution in [0.1, 0.15) is 50.8 Å². The summed E-state index contributed by atoms with van der Waals surface area (Å²) in [6.45, 7) is 8.74. The first-order chi connectivity index (χ1) is 15.3. The molecule has 0 unspecified atom stereocenters. The van der Waals surface area contributed by atoms with E-state index in [1.807, 2.05) is 31.2 Å². The van der Waals surface area contributed by atoms with Crippen LogP contribution in [0.25, 0.3) is 0 Å². The Labute approximate surface area is 193 Å². The van der Waals surface area contributed by atoms with Crippen LogP contribution < -0.4 is 0 Å². The summed E-state index contributed by atoms with van der Waals surface area (Å²) in [5.74, 6) is 0.588. The highest BCUT2D eigenvalue weighted by Crippen LogP contribution is 2.45. The first-order valence-electron chi connectivity index (χ1n) is 11.0. The SMILES string of the molecule is C=C(C(=O)OCc1cn(Cc2cccc(Cl)c2)nn1)[C@@H]1CC[C@H](C)[C@@H]2CC(=O)C(C)=C2C1. The molecule has 1 saturated carbocycles. The van der Waals surface area contributed by atoms with E-state index in [-0.39, 0.29) is 18.3 Å². The number of carbonyl (C=O) groups is 2. The zero-order valence-corrected chi connectivity index (χ0v) is 19.3. The van der Waals surface area contributed by atoms with Gasteiger partial charge in [0.2, 0.25) is 0 Å². The normalized spacial score (nSPS) is 23.1. The molecule has 32 heavy (non-hydrogen) atoms. The van der Waals surface area contributed by atoms with Gasteiger partial charge in [-0.1, -0.05) is 48.0 Å². The van der Waals surface area contributed by atoms with Crippen molar-refractivity contribution in [3.8, 4) is 0 Å². The van der Waals surface area contributed by atoms with E-state index in [2.05, 4.69) is 23.8 Å². The molecule has 4 rings (SSSR count). The second-order valence-corrected chi connectivity index (χ2v) is 9.41. The maximum atomic E-state index is 12.7. The van der Waals surface area contributed by atoms with Gasteiger partial charge in [0.05, 0.1) is 12.7 Å². The number of ketones is 1. The maximum Gasteiger partial charge on any atom is 0.334 e. The summed E-state index contributed by atoms with van der Waals surface area (Å²) in [5, 5.41) is 8.86. The van der Waals surface area contributed by atoms with E-state index in [1.54, 1.807) is 10.9 Å². The molecule has 2 aliphatic carbocycles. The summed E-state index contributed by atoms with van der Waals surface area (Å²) in [5.41, 5.74) is 4.15. The van der Waals surface area contributed by atoms with Gasteiger partial charge in [0.1, 0.15) is 12.3 Å². The van der Waals surface area contributed by atoms with Crippen molar-refractivity contribution >= 4 is 23.4 Å². The van der Waals surface area contributed by atoms with Crippen LogP contribution in [0, 0.1) is 17.8 Å². The third-order valence-corrected chi connectivity index (χ3v) is 7.04. The number of ether oxygens (including phenoxy) is 1. The van der Waals surface area contributed by atoms with E-state index in [9.17, 15) is 9.59 Å². The lowest BCUT2D eigenvalue weighted by molar-refractivity contribution is -0.141. The van der Waals surface area contributed by atoms with Gasteiger partial charge in [0, 0.05) is 17.0 Å². The van der Waals surface area contributed by atoms with Crippen molar-refractivity contribution in [1.82, 2.24) is 15.0 Å². The minimum atomic E-state index is -0.409. The molecule has 1 aromatic heterocycles. The van der Waals surface area contributed by atoms with Crippen molar-refractivity contribution in [3.63, 3.8) is 0 Å². The summed E-state index contributed by atoms with van der Waals surface area (Å²) in [7, 11) is 0. The highest BCUT2D eigenvalue weighted by Gasteiger charge is 2.38. The number of rotatable bonds is 6. The van der Waals surface area contributed by atoms with Crippen LogP contribution in [0.2, 0.25) is 5.02 Å². The number of nitrogens with zero attached hydrogens (tertiary/aromatic N) is 3. The molecule has 2 aromatic rings. The highest BCUT2D eigenvalue weighted by molar-refractivity contribution is 6.30. The molecule has 0 radical (unpaired) electrons. The lowest BCUT2D eigenvalue weighted by Crippen LogP contribution is -2.16. The number of hydrogen-bond acceptors (Lipinski definition) is 5. The fraction of sp³-hybridized carbons (Fsp3) is 0.440. The number of esters is 1. The molecule has 1 heterocycles. The Morgan fingerprint density at radius 2 is 2.12 bits per heavy atom. The van der Waals surface area contributed by atoms with Crippen LogP contribution in [0.5, 0.6) is 0 Å². The third-order valence-electron chi connectivity index (χ3n) is 6.80. The van der Waals surface area contributed by atoms with E-state index in [1.165, 1.54) is 5.57 Å². The molecule has 0 aliphatic heterocycles. The van der Waals surface area contributed by atoms with Gasteiger partial charge in [-0.2, -0.15) is 0 Å². The van der Waals surface area contributed by atoms with Gasteiger partial charge in [0.25, 0.3) is 0 Å². The summed E-state index contributed by atoms with van der Waals surface area (Å²) in [6.07, 6.45) is 4.94. The van der Waals surface area contributed by atoms with Gasteiger partial charge < -0.3 is 4.74 Å². The minimum absolute atomic E-state index is 0.00399. The Morgan fingerprint density at radius 1 is 1.31 bits per heavy atom. The smallest absolute Gasteiger partial charge is 0.334 e. The van der Waals surface area contributed by atoms with Crippen molar-refractivity contribution in [2.24, 2.45) is 17.8 Å². The first kappa shape index (κ1) is 22.5. The van der Waals surface area contributed by atoms with Crippen molar-refractivity contribution in [3.05, 3.63) is 70.0 Å². The van der Waals surface area contributed by atoms with Crippen molar-refractivity contribution in [1.29, 1.82) is 0 Å². The fourth-order valence-corrected chi connectivity index (χ4v) is 5.03. The van der Waals surface area contributed by atoms with E-state index in [4.69, 9.17) is 16.3 Å². The fourth-order valence-electron chi connectivity index (χ4n) is 4.82. The molecule has 0 bridgehead atoms. The lowest BCUT2D eigenvalue weighted by atomic mass is 9.86. The number of carbonyl (C=O) groups excluding carboxylic acids is 2. The van der Waals surface area contributed by atoms with Crippen molar-refractivity contribution in [2.45, 2.75) is 52.7 Å². The van der Waals surface area contributed by atoms with Crippen LogP contribution in [-0.2, 0) is 27.5 Å². The van der Waals surface area contributed by atoms with Gasteiger partial charge in [-0.05, 0) is 67.2 Å². The average molecular weight is 454 g/mol. The summed E-state index contributed by atoms with van der Waals surface area (Å²) in [4.78, 5) is 24.9. The zero-order chi connectivity index (χ0) is 22.8. The molecule has 1 fully saturated rings. The van der Waals surface area contributed by atoms with Crippen molar-refractivity contribution < 1.29 is 14.3 Å². The number of fused-ring (bicyclic) bond motifs is 1. The molecule has 3 atom stereocenters. The summed E-state index contributed by atoms with van der Waals surface area (Å²) >= 11 is 6.03. The number of aromatic nitrogens is 3. The molecular formula is C25H28ClN3O3. The molecule has 0 amide bonds. The number of hydrogen-bond donors (Lipinski definition) is 0. The second kappa shape index (κ2) is 9.41. The monoisotopic (exact) mass is 453 g/mol. The predicted molar refractivity (Wildman–Crippen MR) is 122 cm³/mol. The van der Waals surface area contributed by atoms with Gasteiger partial charge in [0.15, 0.2) is 5.78 Å². The molecule has 6 nitrogen and oxygen atoms in total. The van der Waals surface area contributed by atoms with Crippen LogP contribution in [0.3, 0.4) is 0 Å². The van der Waals surface area contributed by atoms with E-state index >= 15 is 0 Å². The Bertz CT molecular complexity index is 1090. The Morgan fingerprint density at radius 3 is 2.91 bits per heavy atom. The first-order valence-corrected chi connectivity index (χ1v) is 11.4. The second-order valence-electron chi connectivity index (χ2n) is 8.98. The van der Waals surface area contributed by atoms with Gasteiger partial charge in [-0.25, -0.2) is 9.48 Å².